The van der Waals surface area contributed by atoms with Crippen molar-refractivity contribution in [1.82, 2.24) is 4.90 Å². The first-order valence-corrected chi connectivity index (χ1v) is 6.72. The molecule has 3 nitrogen and oxygen atoms in total. The molecule has 17 heavy (non-hydrogen) atoms. The Hall–Kier alpha value is -0.430. The predicted molar refractivity (Wildman–Crippen MR) is 59.4 cm³/mol. The van der Waals surface area contributed by atoms with Crippen LogP contribution in [0.25, 0.3) is 0 Å². The van der Waals surface area contributed by atoms with Crippen LogP contribution in [0, 0.1) is 0 Å². The standard InChI is InChI=1S/C10H15F3N2OS/c11-10(12,13)7-2-1-3-8-15(7)9(16)6(14)4-5-17-8/h6-8H,1-5,14H2/t6?,7-,8+/m1/s1. The maximum absolute atomic E-state index is 12.9. The van der Waals surface area contributed by atoms with Gasteiger partial charge in [0.1, 0.15) is 6.04 Å². The van der Waals surface area contributed by atoms with E-state index in [1.54, 1.807) is 0 Å². The summed E-state index contributed by atoms with van der Waals surface area (Å²) in [6.07, 6.45) is -2.74. The molecule has 0 radical (unpaired) electrons. The van der Waals surface area contributed by atoms with Gasteiger partial charge < -0.3 is 10.6 Å². The Morgan fingerprint density at radius 2 is 2.00 bits per heavy atom. The van der Waals surface area contributed by atoms with Gasteiger partial charge in [-0.1, -0.05) is 0 Å². The molecule has 2 N–H and O–H groups in total. The largest absolute Gasteiger partial charge is 0.408 e. The third-order valence-electron chi connectivity index (χ3n) is 3.26. The van der Waals surface area contributed by atoms with Crippen molar-refractivity contribution in [2.45, 2.75) is 49.3 Å². The molecule has 7 heteroatoms. The number of nitrogens with zero attached hydrogens (tertiary/aromatic N) is 1. The topological polar surface area (TPSA) is 46.3 Å². The minimum atomic E-state index is -4.35. The summed E-state index contributed by atoms with van der Waals surface area (Å²) < 4.78 is 38.7. The zero-order valence-electron chi connectivity index (χ0n) is 9.24. The van der Waals surface area contributed by atoms with Crippen LogP contribution >= 0.6 is 11.8 Å². The van der Waals surface area contributed by atoms with Gasteiger partial charge in [0.05, 0.1) is 11.4 Å². The van der Waals surface area contributed by atoms with E-state index < -0.39 is 24.2 Å². The fourth-order valence-electron chi connectivity index (χ4n) is 2.39. The van der Waals surface area contributed by atoms with Gasteiger partial charge in [0.15, 0.2) is 0 Å². The van der Waals surface area contributed by atoms with Crippen LogP contribution < -0.4 is 5.73 Å². The Morgan fingerprint density at radius 1 is 1.29 bits per heavy atom. The molecule has 0 saturated carbocycles. The van der Waals surface area contributed by atoms with Crippen LogP contribution in [-0.4, -0.2) is 40.2 Å². The van der Waals surface area contributed by atoms with E-state index in [0.717, 1.165) is 4.90 Å². The fraction of sp³-hybridized carbons (Fsp3) is 0.900. The Bertz CT molecular complexity index is 310. The summed E-state index contributed by atoms with van der Waals surface area (Å²) in [5.74, 6) is 0.112. The molecule has 1 amide bonds. The number of hydrogen-bond acceptors (Lipinski definition) is 3. The minimum Gasteiger partial charge on any atom is -0.320 e. The lowest BCUT2D eigenvalue weighted by Gasteiger charge is -2.42. The van der Waals surface area contributed by atoms with Crippen molar-refractivity contribution in [2.75, 3.05) is 5.75 Å². The first-order chi connectivity index (χ1) is 7.91. The highest BCUT2D eigenvalue weighted by Gasteiger charge is 2.50. The number of rotatable bonds is 0. The van der Waals surface area contributed by atoms with E-state index in [0.29, 0.717) is 25.0 Å². The van der Waals surface area contributed by atoms with Gasteiger partial charge >= 0.3 is 6.18 Å². The number of carbonyl (C=O) groups excluding carboxylic acids is 1. The Labute approximate surface area is 102 Å². The van der Waals surface area contributed by atoms with E-state index in [9.17, 15) is 18.0 Å². The molecular weight excluding hydrogens is 253 g/mol. The average Bonchev–Trinajstić information content (AvgIpc) is 2.39. The normalized spacial score (nSPS) is 35.4. The van der Waals surface area contributed by atoms with Gasteiger partial charge in [-0.2, -0.15) is 13.2 Å². The van der Waals surface area contributed by atoms with Gasteiger partial charge in [-0.15, -0.1) is 11.8 Å². The Balaban J connectivity index is 2.27. The number of carbonyl (C=O) groups is 1. The summed E-state index contributed by atoms with van der Waals surface area (Å²) in [7, 11) is 0. The maximum atomic E-state index is 12.9. The molecule has 0 aromatic rings. The van der Waals surface area contributed by atoms with Crippen molar-refractivity contribution < 1.29 is 18.0 Å². The van der Waals surface area contributed by atoms with Crippen molar-refractivity contribution >= 4 is 17.7 Å². The van der Waals surface area contributed by atoms with Crippen LogP contribution in [-0.2, 0) is 4.79 Å². The number of fused-ring (bicyclic) bond motifs is 1. The van der Waals surface area contributed by atoms with Crippen LogP contribution in [0.5, 0.6) is 0 Å². The molecule has 2 saturated heterocycles. The number of piperidine rings is 1. The van der Waals surface area contributed by atoms with Gasteiger partial charge in [0.2, 0.25) is 5.91 Å². The van der Waals surface area contributed by atoms with Crippen molar-refractivity contribution in [1.29, 1.82) is 0 Å². The molecule has 2 aliphatic heterocycles. The monoisotopic (exact) mass is 268 g/mol. The average molecular weight is 268 g/mol. The molecule has 3 atom stereocenters. The lowest BCUT2D eigenvalue weighted by molar-refractivity contribution is -0.198. The molecule has 2 heterocycles. The molecular formula is C10H15F3N2OS. The van der Waals surface area contributed by atoms with Gasteiger partial charge in [-0.05, 0) is 31.4 Å². The fourth-order valence-corrected chi connectivity index (χ4v) is 3.80. The zero-order valence-corrected chi connectivity index (χ0v) is 10.1. The number of hydrogen-bond donors (Lipinski definition) is 1. The molecule has 98 valence electrons. The predicted octanol–water partition coefficient (Wildman–Crippen LogP) is 1.72. The second-order valence-corrected chi connectivity index (χ2v) is 5.74. The van der Waals surface area contributed by atoms with Crippen LogP contribution in [0.2, 0.25) is 0 Å². The van der Waals surface area contributed by atoms with E-state index in [1.165, 1.54) is 11.8 Å². The molecule has 0 bridgehead atoms. The second kappa shape index (κ2) is 4.68. The van der Waals surface area contributed by atoms with Gasteiger partial charge in [-0.25, -0.2) is 0 Å². The summed E-state index contributed by atoms with van der Waals surface area (Å²) in [6, 6.07) is -2.43. The summed E-state index contributed by atoms with van der Waals surface area (Å²) in [5.41, 5.74) is 5.62. The van der Waals surface area contributed by atoms with E-state index >= 15 is 0 Å². The van der Waals surface area contributed by atoms with Gasteiger partial charge in [-0.3, -0.25) is 4.79 Å². The van der Waals surface area contributed by atoms with Crippen molar-refractivity contribution in [3.8, 4) is 0 Å². The lowest BCUT2D eigenvalue weighted by Crippen LogP contribution is -2.57. The summed E-state index contributed by atoms with van der Waals surface area (Å²) >= 11 is 1.42. The maximum Gasteiger partial charge on any atom is 0.408 e. The molecule has 2 aliphatic rings. The van der Waals surface area contributed by atoms with Gasteiger partial charge in [0, 0.05) is 0 Å². The lowest BCUT2D eigenvalue weighted by atomic mass is 10.00. The van der Waals surface area contributed by atoms with Gasteiger partial charge in [0.25, 0.3) is 0 Å². The summed E-state index contributed by atoms with van der Waals surface area (Å²) in [4.78, 5) is 12.9. The second-order valence-electron chi connectivity index (χ2n) is 4.45. The number of thioether (sulfide) groups is 1. The first-order valence-electron chi connectivity index (χ1n) is 5.67. The van der Waals surface area contributed by atoms with E-state index in [4.69, 9.17) is 5.73 Å². The third kappa shape index (κ3) is 2.54. The SMILES string of the molecule is NC1CCS[C@H]2CCC[C@H](C(F)(F)F)N2C1=O. The summed E-state index contributed by atoms with van der Waals surface area (Å²) in [5, 5.41) is -0.351. The van der Waals surface area contributed by atoms with Crippen LogP contribution in [0.1, 0.15) is 25.7 Å². The Kier molecular flexibility index (Phi) is 3.58. The van der Waals surface area contributed by atoms with Crippen molar-refractivity contribution in [3.63, 3.8) is 0 Å². The molecule has 1 unspecified atom stereocenters. The van der Waals surface area contributed by atoms with E-state index in [1.807, 2.05) is 0 Å². The molecule has 0 spiro atoms. The Morgan fingerprint density at radius 3 is 2.65 bits per heavy atom. The highest BCUT2D eigenvalue weighted by atomic mass is 32.2. The van der Waals surface area contributed by atoms with Crippen molar-refractivity contribution in [3.05, 3.63) is 0 Å². The molecule has 0 aromatic carbocycles. The molecule has 2 rings (SSSR count). The van der Waals surface area contributed by atoms with E-state index in [2.05, 4.69) is 0 Å². The highest BCUT2D eigenvalue weighted by Crippen LogP contribution is 2.39. The smallest absolute Gasteiger partial charge is 0.320 e. The van der Waals surface area contributed by atoms with Crippen molar-refractivity contribution in [2.24, 2.45) is 5.73 Å². The summed E-state index contributed by atoms with van der Waals surface area (Å²) in [6.45, 7) is 0. The minimum absolute atomic E-state index is 0.000972. The van der Waals surface area contributed by atoms with E-state index in [-0.39, 0.29) is 11.8 Å². The number of halogens is 3. The van der Waals surface area contributed by atoms with Crippen LogP contribution in [0.3, 0.4) is 0 Å². The molecule has 0 aliphatic carbocycles. The number of alkyl halides is 3. The molecule has 2 fully saturated rings. The number of amides is 1. The number of nitrogens with two attached hydrogens (primary N) is 1. The van der Waals surface area contributed by atoms with Crippen LogP contribution in [0.4, 0.5) is 13.2 Å². The third-order valence-corrected chi connectivity index (χ3v) is 4.58. The first kappa shape index (κ1) is 13.0. The highest BCUT2D eigenvalue weighted by molar-refractivity contribution is 7.99. The van der Waals surface area contributed by atoms with Crippen LogP contribution in [0.15, 0.2) is 0 Å². The zero-order chi connectivity index (χ0) is 12.6. The quantitative estimate of drug-likeness (QED) is 0.727. The molecule has 0 aromatic heterocycles.